The third-order valence-electron chi connectivity index (χ3n) is 6.87. The maximum absolute atomic E-state index is 13.9. The van der Waals surface area contributed by atoms with Gasteiger partial charge in [-0.05, 0) is 61.2 Å². The standard InChI is InChI=1S/C31H36Cl2FN3O4S/c1-4-22(2)35-31(39)29(19-23-9-6-5-7-10-23)36(21-24-12-15-26(34)16-13-24)30(38)11-8-18-37(42(3,40)41)28-20-25(32)14-17-27(28)33/h5-7,9-10,12-17,20,22,29H,4,8,11,18-19,21H2,1-3H3,(H,35,39)/t22-,29+/m1/s1. The summed E-state index contributed by atoms with van der Waals surface area (Å²) in [7, 11) is -3.75. The zero-order valence-corrected chi connectivity index (χ0v) is 26.2. The molecular formula is C31H36Cl2FN3O4S. The quantitative estimate of drug-likeness (QED) is 0.227. The molecule has 3 aromatic rings. The van der Waals surface area contributed by atoms with Crippen LogP contribution >= 0.6 is 23.2 Å². The Balaban J connectivity index is 1.90. The molecule has 0 unspecified atom stereocenters. The van der Waals surface area contributed by atoms with E-state index in [1.807, 2.05) is 44.2 Å². The molecule has 0 saturated heterocycles. The maximum atomic E-state index is 13.9. The van der Waals surface area contributed by atoms with Gasteiger partial charge in [0.2, 0.25) is 21.8 Å². The molecule has 0 fully saturated rings. The summed E-state index contributed by atoms with van der Waals surface area (Å²) in [5, 5.41) is 3.53. The van der Waals surface area contributed by atoms with Crippen molar-refractivity contribution in [3.05, 3.63) is 99.8 Å². The van der Waals surface area contributed by atoms with Crippen molar-refractivity contribution in [3.8, 4) is 0 Å². The summed E-state index contributed by atoms with van der Waals surface area (Å²) in [4.78, 5) is 28.9. The number of hydrogen-bond donors (Lipinski definition) is 1. The molecule has 7 nitrogen and oxygen atoms in total. The Labute approximate surface area is 257 Å². The second-order valence-corrected chi connectivity index (χ2v) is 13.0. The SMILES string of the molecule is CC[C@@H](C)NC(=O)[C@H](Cc1ccccc1)N(Cc1ccc(F)cc1)C(=O)CCCN(c1cc(Cl)ccc1Cl)S(C)(=O)=O. The summed E-state index contributed by atoms with van der Waals surface area (Å²) < 4.78 is 40.1. The van der Waals surface area contributed by atoms with Gasteiger partial charge in [0, 0.05) is 37.0 Å². The minimum absolute atomic E-state index is 0.0303. The Kier molecular flexibility index (Phi) is 12.2. The maximum Gasteiger partial charge on any atom is 0.243 e. The molecule has 0 bridgehead atoms. The van der Waals surface area contributed by atoms with Crippen LogP contribution in [0.1, 0.15) is 44.2 Å². The molecule has 11 heteroatoms. The van der Waals surface area contributed by atoms with Gasteiger partial charge in [-0.2, -0.15) is 0 Å². The van der Waals surface area contributed by atoms with Crippen molar-refractivity contribution in [2.75, 3.05) is 17.1 Å². The van der Waals surface area contributed by atoms with Crippen LogP contribution in [0.5, 0.6) is 0 Å². The monoisotopic (exact) mass is 635 g/mol. The molecule has 2 atom stereocenters. The summed E-state index contributed by atoms with van der Waals surface area (Å²) in [6.45, 7) is 3.89. The normalized spacial score (nSPS) is 12.8. The highest BCUT2D eigenvalue weighted by Crippen LogP contribution is 2.31. The molecule has 42 heavy (non-hydrogen) atoms. The van der Waals surface area contributed by atoms with E-state index in [9.17, 15) is 22.4 Å². The lowest BCUT2D eigenvalue weighted by Gasteiger charge is -2.32. The van der Waals surface area contributed by atoms with Gasteiger partial charge in [0.05, 0.1) is 17.0 Å². The predicted octanol–water partition coefficient (Wildman–Crippen LogP) is 6.23. The molecule has 0 aliphatic carbocycles. The van der Waals surface area contributed by atoms with Gasteiger partial charge in [-0.15, -0.1) is 0 Å². The van der Waals surface area contributed by atoms with E-state index in [4.69, 9.17) is 23.2 Å². The number of carbonyl (C=O) groups excluding carboxylic acids is 2. The smallest absolute Gasteiger partial charge is 0.243 e. The highest BCUT2D eigenvalue weighted by atomic mass is 35.5. The number of nitrogens with zero attached hydrogens (tertiary/aromatic N) is 2. The Morgan fingerprint density at radius 2 is 1.64 bits per heavy atom. The molecule has 0 aliphatic heterocycles. The zero-order valence-electron chi connectivity index (χ0n) is 23.9. The van der Waals surface area contributed by atoms with E-state index in [1.165, 1.54) is 29.2 Å². The highest BCUT2D eigenvalue weighted by molar-refractivity contribution is 7.92. The summed E-state index contributed by atoms with van der Waals surface area (Å²) >= 11 is 12.4. The van der Waals surface area contributed by atoms with Crippen molar-refractivity contribution in [2.45, 2.75) is 58.2 Å². The molecule has 0 aliphatic rings. The first-order valence-electron chi connectivity index (χ1n) is 13.7. The first-order valence-corrected chi connectivity index (χ1v) is 16.3. The van der Waals surface area contributed by atoms with Crippen LogP contribution in [-0.2, 0) is 32.6 Å². The number of nitrogens with one attached hydrogen (secondary N) is 1. The fraction of sp³-hybridized carbons (Fsp3) is 0.355. The fourth-order valence-corrected chi connectivity index (χ4v) is 5.85. The number of benzene rings is 3. The number of amides is 2. The van der Waals surface area contributed by atoms with E-state index < -0.39 is 21.9 Å². The predicted molar refractivity (Wildman–Crippen MR) is 167 cm³/mol. The molecule has 1 N–H and O–H groups in total. The molecule has 2 amide bonds. The van der Waals surface area contributed by atoms with Gasteiger partial charge in [0.1, 0.15) is 11.9 Å². The Morgan fingerprint density at radius 1 is 0.976 bits per heavy atom. The number of rotatable bonds is 14. The first-order chi connectivity index (χ1) is 19.9. The van der Waals surface area contributed by atoms with Crippen LogP contribution in [0.4, 0.5) is 10.1 Å². The third kappa shape index (κ3) is 9.71. The van der Waals surface area contributed by atoms with Gasteiger partial charge in [-0.1, -0.05) is 72.6 Å². The number of hydrogen-bond acceptors (Lipinski definition) is 4. The Bertz CT molecular complexity index is 1460. The topological polar surface area (TPSA) is 86.8 Å². The van der Waals surface area contributed by atoms with Gasteiger partial charge in [0.25, 0.3) is 0 Å². The summed E-state index contributed by atoms with van der Waals surface area (Å²) in [5.41, 5.74) is 1.75. The van der Waals surface area contributed by atoms with Gasteiger partial charge >= 0.3 is 0 Å². The fourth-order valence-electron chi connectivity index (χ4n) is 4.44. The van der Waals surface area contributed by atoms with E-state index in [0.29, 0.717) is 17.0 Å². The van der Waals surface area contributed by atoms with Crippen molar-refractivity contribution < 1.29 is 22.4 Å². The molecule has 0 saturated carbocycles. The van der Waals surface area contributed by atoms with E-state index >= 15 is 0 Å². The number of carbonyl (C=O) groups is 2. The van der Waals surface area contributed by atoms with Gasteiger partial charge < -0.3 is 10.2 Å². The third-order valence-corrected chi connectivity index (χ3v) is 8.60. The lowest BCUT2D eigenvalue weighted by molar-refractivity contribution is -0.141. The van der Waals surface area contributed by atoms with E-state index in [-0.39, 0.29) is 60.9 Å². The molecule has 3 aromatic carbocycles. The molecule has 0 spiro atoms. The van der Waals surface area contributed by atoms with Crippen LogP contribution in [0, 0.1) is 5.82 Å². The Morgan fingerprint density at radius 3 is 2.26 bits per heavy atom. The molecular weight excluding hydrogens is 600 g/mol. The Hall–Kier alpha value is -3.14. The van der Waals surface area contributed by atoms with Crippen molar-refractivity contribution in [2.24, 2.45) is 0 Å². The average Bonchev–Trinajstić information content (AvgIpc) is 2.95. The molecule has 3 rings (SSSR count). The van der Waals surface area contributed by atoms with E-state index in [0.717, 1.165) is 16.1 Å². The van der Waals surface area contributed by atoms with Crippen molar-refractivity contribution in [1.82, 2.24) is 10.2 Å². The van der Waals surface area contributed by atoms with Gasteiger partial charge in [0.15, 0.2) is 0 Å². The summed E-state index contributed by atoms with van der Waals surface area (Å²) in [6, 6.07) is 18.7. The van der Waals surface area contributed by atoms with Crippen LogP contribution < -0.4 is 9.62 Å². The van der Waals surface area contributed by atoms with E-state index in [1.54, 1.807) is 18.2 Å². The average molecular weight is 637 g/mol. The summed E-state index contributed by atoms with van der Waals surface area (Å²) in [5.74, 6) is -1.05. The van der Waals surface area contributed by atoms with Crippen LogP contribution in [0.15, 0.2) is 72.8 Å². The zero-order chi connectivity index (χ0) is 30.9. The molecule has 0 radical (unpaired) electrons. The summed E-state index contributed by atoms with van der Waals surface area (Å²) in [6.07, 6.45) is 2.14. The molecule has 0 aromatic heterocycles. The van der Waals surface area contributed by atoms with Gasteiger partial charge in [-0.3, -0.25) is 13.9 Å². The van der Waals surface area contributed by atoms with Crippen LogP contribution in [0.3, 0.4) is 0 Å². The first kappa shape index (κ1) is 33.4. The second kappa shape index (κ2) is 15.4. The number of anilines is 1. The number of halogens is 3. The highest BCUT2D eigenvalue weighted by Gasteiger charge is 2.31. The van der Waals surface area contributed by atoms with Crippen LogP contribution in [0.2, 0.25) is 10.0 Å². The van der Waals surface area contributed by atoms with Gasteiger partial charge in [-0.25, -0.2) is 12.8 Å². The van der Waals surface area contributed by atoms with Crippen LogP contribution in [-0.4, -0.2) is 50.0 Å². The van der Waals surface area contributed by atoms with Crippen molar-refractivity contribution in [3.63, 3.8) is 0 Å². The van der Waals surface area contributed by atoms with Crippen molar-refractivity contribution >= 4 is 50.7 Å². The van der Waals surface area contributed by atoms with Crippen molar-refractivity contribution in [1.29, 1.82) is 0 Å². The minimum Gasteiger partial charge on any atom is -0.352 e. The largest absolute Gasteiger partial charge is 0.352 e. The number of sulfonamides is 1. The molecule has 226 valence electrons. The molecule has 0 heterocycles. The van der Waals surface area contributed by atoms with Crippen LogP contribution in [0.25, 0.3) is 0 Å². The lowest BCUT2D eigenvalue weighted by atomic mass is 10.0. The second-order valence-electron chi connectivity index (χ2n) is 10.2. The lowest BCUT2D eigenvalue weighted by Crippen LogP contribution is -2.52. The minimum atomic E-state index is -3.75. The van der Waals surface area contributed by atoms with E-state index in [2.05, 4.69) is 5.32 Å².